The highest BCUT2D eigenvalue weighted by Gasteiger charge is 2.11. The van der Waals surface area contributed by atoms with E-state index in [1.165, 1.54) is 13.1 Å². The number of hydrazone groups is 1. The first kappa shape index (κ1) is 23.6. The number of carbonyl (C=O) groups is 2. The minimum absolute atomic E-state index is 0.0155. The van der Waals surface area contributed by atoms with E-state index in [4.69, 9.17) is 37.1 Å². The Labute approximate surface area is 197 Å². The van der Waals surface area contributed by atoms with Crippen molar-refractivity contribution in [2.24, 2.45) is 5.10 Å². The van der Waals surface area contributed by atoms with Gasteiger partial charge in [-0.3, -0.25) is 9.59 Å². The molecule has 9 nitrogen and oxygen atoms in total. The highest BCUT2D eigenvalue weighted by Crippen LogP contribution is 2.28. The summed E-state index contributed by atoms with van der Waals surface area (Å²) in [6, 6.07) is 11.5. The van der Waals surface area contributed by atoms with E-state index in [1.54, 1.807) is 42.5 Å². The lowest BCUT2D eigenvalue weighted by Gasteiger charge is -2.05. The highest BCUT2D eigenvalue weighted by atomic mass is 35.5. The van der Waals surface area contributed by atoms with E-state index >= 15 is 0 Å². The summed E-state index contributed by atoms with van der Waals surface area (Å²) in [7, 11) is 0. The zero-order chi connectivity index (χ0) is 22.9. The van der Waals surface area contributed by atoms with E-state index < -0.39 is 5.97 Å². The van der Waals surface area contributed by atoms with Gasteiger partial charge in [-0.25, -0.2) is 5.43 Å². The van der Waals surface area contributed by atoms with Crippen LogP contribution in [0, 0.1) is 0 Å². The number of esters is 1. The Morgan fingerprint density at radius 2 is 1.97 bits per heavy atom. The number of rotatable bonds is 9. The van der Waals surface area contributed by atoms with Crippen LogP contribution in [0.2, 0.25) is 10.0 Å². The molecule has 2 aromatic carbocycles. The van der Waals surface area contributed by atoms with E-state index in [-0.39, 0.29) is 29.4 Å². The first-order valence-corrected chi connectivity index (χ1v) is 10.8. The van der Waals surface area contributed by atoms with Crippen molar-refractivity contribution in [3.63, 3.8) is 0 Å². The van der Waals surface area contributed by atoms with Crippen molar-refractivity contribution < 1.29 is 23.5 Å². The molecule has 0 saturated heterocycles. The van der Waals surface area contributed by atoms with Gasteiger partial charge < -0.3 is 13.9 Å². The predicted molar refractivity (Wildman–Crippen MR) is 119 cm³/mol. The average Bonchev–Trinajstić information content (AvgIpc) is 3.20. The molecule has 1 heterocycles. The maximum atomic E-state index is 11.9. The van der Waals surface area contributed by atoms with Gasteiger partial charge in [-0.15, -0.1) is 10.2 Å². The van der Waals surface area contributed by atoms with Gasteiger partial charge >= 0.3 is 5.97 Å². The number of carbonyl (C=O) groups excluding carboxylic acids is 2. The molecule has 1 amide bonds. The van der Waals surface area contributed by atoms with Crippen LogP contribution < -0.4 is 14.9 Å². The molecular formula is C20H16Cl2N4O5S. The Morgan fingerprint density at radius 1 is 1.19 bits per heavy atom. The van der Waals surface area contributed by atoms with E-state index in [0.29, 0.717) is 21.5 Å². The lowest BCUT2D eigenvalue weighted by atomic mass is 10.2. The lowest BCUT2D eigenvalue weighted by Crippen LogP contribution is -2.19. The third-order valence-corrected chi connectivity index (χ3v) is 4.91. The summed E-state index contributed by atoms with van der Waals surface area (Å²) in [6.45, 7) is 1.34. The number of hydrogen-bond acceptors (Lipinski definition) is 9. The van der Waals surface area contributed by atoms with E-state index in [0.717, 1.165) is 17.3 Å². The van der Waals surface area contributed by atoms with Crippen LogP contribution in [-0.2, 0) is 16.2 Å². The van der Waals surface area contributed by atoms with Gasteiger partial charge in [0.15, 0.2) is 6.61 Å². The number of ether oxygens (including phenoxy) is 2. The molecule has 166 valence electrons. The summed E-state index contributed by atoms with van der Waals surface area (Å²) in [6.07, 6.45) is 1.46. The van der Waals surface area contributed by atoms with Crippen molar-refractivity contribution in [1.82, 2.24) is 15.6 Å². The number of hydrogen-bond donors (Lipinski definition) is 1. The standard InChI is InChI=1S/C20H16Cl2N4O5S/c1-12(27)30-15-5-2-13(3-6-15)9-23-24-18(28)11-32-20-26-25-19(31-20)10-29-17-7-4-14(21)8-16(17)22/h2-9H,10-11H2,1H3,(H,24,28)/b23-9-. The summed E-state index contributed by atoms with van der Waals surface area (Å²) >= 11 is 12.9. The molecule has 1 N–H and O–H groups in total. The van der Waals surface area contributed by atoms with Gasteiger partial charge in [0.25, 0.3) is 17.0 Å². The molecule has 3 aromatic rings. The summed E-state index contributed by atoms with van der Waals surface area (Å²) in [5, 5.41) is 12.7. The largest absolute Gasteiger partial charge is 0.482 e. The molecule has 0 spiro atoms. The summed E-state index contributed by atoms with van der Waals surface area (Å²) in [5.41, 5.74) is 3.12. The van der Waals surface area contributed by atoms with Crippen molar-refractivity contribution in [1.29, 1.82) is 0 Å². The van der Waals surface area contributed by atoms with E-state index in [9.17, 15) is 9.59 Å². The lowest BCUT2D eigenvalue weighted by molar-refractivity contribution is -0.131. The second-order valence-corrected chi connectivity index (χ2v) is 7.84. The van der Waals surface area contributed by atoms with Gasteiger partial charge in [0.05, 0.1) is 17.0 Å². The van der Waals surface area contributed by atoms with Crippen LogP contribution in [0.5, 0.6) is 11.5 Å². The van der Waals surface area contributed by atoms with Gasteiger partial charge in [0.1, 0.15) is 11.5 Å². The van der Waals surface area contributed by atoms with Crippen LogP contribution >= 0.6 is 35.0 Å². The molecule has 0 saturated carbocycles. The summed E-state index contributed by atoms with van der Waals surface area (Å²) < 4.78 is 15.9. The van der Waals surface area contributed by atoms with Gasteiger partial charge in [0.2, 0.25) is 0 Å². The number of thioether (sulfide) groups is 1. The Bertz CT molecular complexity index is 1120. The number of nitrogens with one attached hydrogen (secondary N) is 1. The van der Waals surface area contributed by atoms with Gasteiger partial charge in [0, 0.05) is 11.9 Å². The number of aromatic nitrogens is 2. The van der Waals surface area contributed by atoms with Crippen molar-refractivity contribution in [3.8, 4) is 11.5 Å². The van der Waals surface area contributed by atoms with Gasteiger partial charge in [-0.05, 0) is 48.0 Å². The van der Waals surface area contributed by atoms with Crippen molar-refractivity contribution in [2.75, 3.05) is 5.75 Å². The average molecular weight is 495 g/mol. The smallest absolute Gasteiger partial charge is 0.308 e. The molecule has 1 aromatic heterocycles. The number of benzene rings is 2. The second-order valence-electron chi connectivity index (χ2n) is 6.07. The minimum Gasteiger partial charge on any atom is -0.482 e. The van der Waals surface area contributed by atoms with Crippen molar-refractivity contribution in [2.45, 2.75) is 18.8 Å². The molecule has 3 rings (SSSR count). The molecule has 0 aliphatic heterocycles. The van der Waals surface area contributed by atoms with E-state index in [1.807, 2.05) is 0 Å². The number of halogens is 2. The Hall–Kier alpha value is -3.08. The fourth-order valence-electron chi connectivity index (χ4n) is 2.21. The Morgan fingerprint density at radius 3 is 2.69 bits per heavy atom. The van der Waals surface area contributed by atoms with Gasteiger partial charge in [-0.1, -0.05) is 35.0 Å². The third-order valence-electron chi connectivity index (χ3n) is 3.56. The first-order chi connectivity index (χ1) is 15.4. The van der Waals surface area contributed by atoms with Crippen molar-refractivity contribution in [3.05, 3.63) is 64.0 Å². The molecule has 0 aliphatic rings. The fourth-order valence-corrected chi connectivity index (χ4v) is 3.25. The monoisotopic (exact) mass is 494 g/mol. The molecular weight excluding hydrogens is 479 g/mol. The zero-order valence-electron chi connectivity index (χ0n) is 16.6. The summed E-state index contributed by atoms with van der Waals surface area (Å²) in [4.78, 5) is 22.8. The molecule has 0 radical (unpaired) electrons. The fraction of sp³-hybridized carbons (Fsp3) is 0.150. The van der Waals surface area contributed by atoms with Crippen LogP contribution in [-0.4, -0.2) is 34.0 Å². The molecule has 0 fully saturated rings. The highest BCUT2D eigenvalue weighted by molar-refractivity contribution is 7.99. The van der Waals surface area contributed by atoms with Crippen molar-refractivity contribution >= 4 is 53.1 Å². The third kappa shape index (κ3) is 7.56. The topological polar surface area (TPSA) is 116 Å². The number of nitrogens with zero attached hydrogens (tertiary/aromatic N) is 3. The molecule has 32 heavy (non-hydrogen) atoms. The second kappa shape index (κ2) is 11.5. The molecule has 0 unspecified atom stereocenters. The summed E-state index contributed by atoms with van der Waals surface area (Å²) in [5.74, 6) is 0.357. The molecule has 0 atom stereocenters. The normalized spacial score (nSPS) is 10.8. The molecule has 0 aliphatic carbocycles. The SMILES string of the molecule is CC(=O)Oc1ccc(/C=N\NC(=O)CSc2nnc(COc3ccc(Cl)cc3Cl)o2)cc1. The predicted octanol–water partition coefficient (Wildman–Crippen LogP) is 4.12. The molecule has 12 heteroatoms. The van der Waals surface area contributed by atoms with Crippen LogP contribution in [0.25, 0.3) is 0 Å². The maximum absolute atomic E-state index is 11.9. The van der Waals surface area contributed by atoms with Crippen LogP contribution in [0.4, 0.5) is 0 Å². The zero-order valence-corrected chi connectivity index (χ0v) is 18.9. The molecule has 0 bridgehead atoms. The first-order valence-electron chi connectivity index (χ1n) is 9.02. The van der Waals surface area contributed by atoms with Gasteiger partial charge in [-0.2, -0.15) is 5.10 Å². The number of amides is 1. The quantitative estimate of drug-likeness (QED) is 0.155. The van der Waals surface area contributed by atoms with E-state index in [2.05, 4.69) is 20.7 Å². The van der Waals surface area contributed by atoms with Crippen LogP contribution in [0.15, 0.2) is 57.2 Å². The van der Waals surface area contributed by atoms with Crippen LogP contribution in [0.3, 0.4) is 0 Å². The Balaban J connectivity index is 1.40. The maximum Gasteiger partial charge on any atom is 0.308 e. The van der Waals surface area contributed by atoms with Crippen LogP contribution in [0.1, 0.15) is 18.4 Å². The Kier molecular flexibility index (Phi) is 8.48. The minimum atomic E-state index is -0.400.